The molecular weight excluding hydrogens is 416 g/mol. The Balaban J connectivity index is 1.79. The minimum absolute atomic E-state index is 0.308. The van der Waals surface area contributed by atoms with Crippen molar-refractivity contribution >= 4 is 38.3 Å². The van der Waals surface area contributed by atoms with Gasteiger partial charge in [-0.25, -0.2) is 0 Å². The summed E-state index contributed by atoms with van der Waals surface area (Å²) in [5.41, 5.74) is 4.13. The molecule has 1 unspecified atom stereocenters. The van der Waals surface area contributed by atoms with Gasteiger partial charge < -0.3 is 9.80 Å². The van der Waals surface area contributed by atoms with Gasteiger partial charge in [0.1, 0.15) is 0 Å². The van der Waals surface area contributed by atoms with Gasteiger partial charge in [0.05, 0.1) is 6.04 Å². The average Bonchev–Trinajstić information content (AvgIpc) is 2.75. The zero-order chi connectivity index (χ0) is 21.1. The number of aryl methyl sites for hydroxylation is 1. The second-order valence-electron chi connectivity index (χ2n) is 7.44. The Bertz CT molecular complexity index is 1140. The minimum Gasteiger partial charge on any atom is -0.360 e. The fraction of sp³-hybridized carbons (Fsp3) is 0.208. The predicted octanol–water partition coefficient (Wildman–Crippen LogP) is 4.60. The number of piperazine rings is 1. The number of hydrogen-bond acceptors (Lipinski definition) is 3. The van der Waals surface area contributed by atoms with Gasteiger partial charge in [-0.3, -0.25) is 0 Å². The number of halogens is 1. The van der Waals surface area contributed by atoms with E-state index in [4.69, 9.17) is 11.6 Å². The van der Waals surface area contributed by atoms with Crippen molar-refractivity contribution in [2.24, 2.45) is 0 Å². The van der Waals surface area contributed by atoms with Crippen LogP contribution in [0.5, 0.6) is 0 Å². The van der Waals surface area contributed by atoms with Crippen LogP contribution in [0.15, 0.2) is 78.9 Å². The fourth-order valence-corrected chi connectivity index (χ4v) is 4.88. The maximum absolute atomic E-state index is 12.5. The number of hydrogen-bond donors (Lipinski definition) is 0. The molecule has 0 aromatic heterocycles. The molecule has 1 aliphatic rings. The lowest BCUT2D eigenvalue weighted by Crippen LogP contribution is -2.58. The van der Waals surface area contributed by atoms with Crippen LogP contribution in [0.2, 0.25) is 5.02 Å². The first-order valence-electron chi connectivity index (χ1n) is 9.89. The first-order chi connectivity index (χ1) is 14.5. The fourth-order valence-electron chi connectivity index (χ4n) is 3.95. The van der Waals surface area contributed by atoms with E-state index < -0.39 is 10.3 Å². The van der Waals surface area contributed by atoms with Gasteiger partial charge in [0.15, 0.2) is 4.99 Å². The maximum atomic E-state index is 12.5. The topological polar surface area (TPSA) is 40.6 Å². The number of anilines is 2. The molecule has 1 saturated heterocycles. The molecule has 0 bridgehead atoms. The average molecular weight is 439 g/mol. The predicted molar refractivity (Wildman–Crippen MR) is 125 cm³/mol. The number of benzene rings is 3. The van der Waals surface area contributed by atoms with Crippen molar-refractivity contribution < 1.29 is 8.42 Å². The summed E-state index contributed by atoms with van der Waals surface area (Å²) in [6.45, 7) is 3.34. The van der Waals surface area contributed by atoms with Crippen LogP contribution in [-0.4, -0.2) is 32.5 Å². The lowest BCUT2D eigenvalue weighted by atomic mass is 10.00. The van der Waals surface area contributed by atoms with Crippen LogP contribution in [0.4, 0.5) is 11.4 Å². The van der Waals surface area contributed by atoms with Crippen LogP contribution in [0.1, 0.15) is 11.1 Å². The smallest absolute Gasteiger partial charge is 0.236 e. The van der Waals surface area contributed by atoms with Crippen molar-refractivity contribution in [3.8, 4) is 0 Å². The highest BCUT2D eigenvalue weighted by Crippen LogP contribution is 2.28. The monoisotopic (exact) mass is 438 g/mol. The van der Waals surface area contributed by atoms with Crippen molar-refractivity contribution in [1.82, 2.24) is 0 Å². The molecule has 30 heavy (non-hydrogen) atoms. The highest BCUT2D eigenvalue weighted by molar-refractivity contribution is 7.73. The van der Waals surface area contributed by atoms with Crippen LogP contribution in [0.25, 0.3) is 0 Å². The minimum atomic E-state index is -2.37. The van der Waals surface area contributed by atoms with Crippen molar-refractivity contribution in [2.45, 2.75) is 19.4 Å². The lowest BCUT2D eigenvalue weighted by molar-refractivity contribution is 0.620. The molecule has 0 radical (unpaired) electrons. The lowest BCUT2D eigenvalue weighted by Gasteiger charge is -2.43. The van der Waals surface area contributed by atoms with Crippen LogP contribution in [0, 0.1) is 6.92 Å². The van der Waals surface area contributed by atoms with Gasteiger partial charge in [-0.05, 0) is 55.3 Å². The van der Waals surface area contributed by atoms with E-state index in [-0.39, 0.29) is 6.04 Å². The van der Waals surface area contributed by atoms with Crippen LogP contribution in [0.3, 0.4) is 0 Å². The third-order valence-electron chi connectivity index (χ3n) is 5.44. The molecule has 1 heterocycles. The normalized spacial score (nSPS) is 16.6. The summed E-state index contributed by atoms with van der Waals surface area (Å²) in [5, 5.41) is 0.627. The third kappa shape index (κ3) is 4.37. The summed E-state index contributed by atoms with van der Waals surface area (Å²) in [4.78, 5) is 4.48. The van der Waals surface area contributed by atoms with Crippen molar-refractivity contribution in [3.63, 3.8) is 0 Å². The van der Waals surface area contributed by atoms with E-state index in [0.29, 0.717) is 29.5 Å². The van der Waals surface area contributed by atoms with E-state index in [2.05, 4.69) is 29.2 Å². The molecule has 0 spiro atoms. The largest absolute Gasteiger partial charge is 0.360 e. The number of nitrogens with zero attached hydrogens (tertiary/aromatic N) is 2. The van der Waals surface area contributed by atoms with Gasteiger partial charge in [0.25, 0.3) is 0 Å². The van der Waals surface area contributed by atoms with Crippen LogP contribution >= 0.6 is 11.6 Å². The van der Waals surface area contributed by atoms with E-state index in [1.54, 1.807) is 12.1 Å². The summed E-state index contributed by atoms with van der Waals surface area (Å²) < 4.78 is 25.0. The van der Waals surface area contributed by atoms with E-state index in [9.17, 15) is 8.42 Å². The summed E-state index contributed by atoms with van der Waals surface area (Å²) >= 11 is 6.05. The van der Waals surface area contributed by atoms with Gasteiger partial charge in [-0.2, -0.15) is 8.42 Å². The SMILES string of the molecule is Cc1ccc(N2CCN(c3ccc(Cl)cc3)C(=S(=O)=O)C2Cc2ccccc2)cc1. The Kier molecular flexibility index (Phi) is 6.11. The summed E-state index contributed by atoms with van der Waals surface area (Å²) in [6.07, 6.45) is 0.599. The third-order valence-corrected chi connectivity index (χ3v) is 6.52. The van der Waals surface area contributed by atoms with Crippen LogP contribution < -0.4 is 9.80 Å². The molecule has 0 N–H and O–H groups in total. The van der Waals surface area contributed by atoms with Gasteiger partial charge in [-0.1, -0.05) is 59.6 Å². The molecule has 154 valence electrons. The Labute approximate surface area is 183 Å². The Morgan fingerprint density at radius 2 is 1.50 bits per heavy atom. The van der Waals surface area contributed by atoms with E-state index in [0.717, 1.165) is 16.9 Å². The maximum Gasteiger partial charge on any atom is 0.236 e. The number of rotatable bonds is 4. The van der Waals surface area contributed by atoms with E-state index in [1.807, 2.05) is 54.3 Å². The first kappa shape index (κ1) is 20.5. The Morgan fingerprint density at radius 1 is 0.867 bits per heavy atom. The molecule has 4 nitrogen and oxygen atoms in total. The molecule has 6 heteroatoms. The van der Waals surface area contributed by atoms with Gasteiger partial charge >= 0.3 is 0 Å². The zero-order valence-electron chi connectivity index (χ0n) is 16.7. The highest BCUT2D eigenvalue weighted by Gasteiger charge is 2.35. The molecule has 0 saturated carbocycles. The van der Waals surface area contributed by atoms with Gasteiger partial charge in [0, 0.05) is 29.5 Å². The Hall–Kier alpha value is -2.76. The van der Waals surface area contributed by atoms with Gasteiger partial charge in [-0.15, -0.1) is 0 Å². The molecule has 3 aromatic rings. The van der Waals surface area contributed by atoms with Gasteiger partial charge in [0.2, 0.25) is 10.3 Å². The zero-order valence-corrected chi connectivity index (χ0v) is 18.3. The Morgan fingerprint density at radius 3 is 2.13 bits per heavy atom. The summed E-state index contributed by atoms with van der Waals surface area (Å²) in [6, 6.07) is 25.3. The first-order valence-corrected chi connectivity index (χ1v) is 11.3. The van der Waals surface area contributed by atoms with E-state index in [1.165, 1.54) is 5.56 Å². The summed E-state index contributed by atoms with van der Waals surface area (Å²) in [5.74, 6) is 0. The second kappa shape index (κ2) is 8.94. The van der Waals surface area contributed by atoms with Crippen molar-refractivity contribution in [3.05, 3.63) is 95.0 Å². The molecule has 0 aliphatic carbocycles. The quantitative estimate of drug-likeness (QED) is 0.558. The van der Waals surface area contributed by atoms with Crippen molar-refractivity contribution in [1.29, 1.82) is 0 Å². The van der Waals surface area contributed by atoms with Crippen molar-refractivity contribution in [2.75, 3.05) is 22.9 Å². The highest BCUT2D eigenvalue weighted by atomic mass is 35.5. The van der Waals surface area contributed by atoms with E-state index >= 15 is 0 Å². The second-order valence-corrected chi connectivity index (χ2v) is 8.76. The van der Waals surface area contributed by atoms with Crippen LogP contribution in [-0.2, 0) is 16.7 Å². The molecule has 1 fully saturated rings. The molecule has 4 rings (SSSR count). The summed E-state index contributed by atoms with van der Waals surface area (Å²) in [7, 11) is -2.37. The molecular formula is C24H23ClN2O2S. The molecule has 3 aromatic carbocycles. The molecule has 0 amide bonds. The molecule has 1 aliphatic heterocycles. The molecule has 1 atom stereocenters. The standard InChI is InChI=1S/C24H23ClN2O2S/c1-18-7-11-21(12-8-18)26-15-16-27(22-13-9-20(25)10-14-22)24(30(28)29)23(26)17-19-5-3-2-4-6-19/h2-14,23H,15-17H2,1H3.